The standard InChI is InChI=1S/C32H25Cl2IN4O3S/c1-19-3-10-24(11-4-19)37-32-38-28(18-43-32)22-6-8-23(9-7-22)31(40)39-36-16-21-14-27(35)30(29(15-21)41-2)42-17-20-5-12-25(33)26(34)13-20/h3-16,18H,17H2,1-2H3,(H,37,38)(H,39,40)/b36-16-. The second-order valence-electron chi connectivity index (χ2n) is 9.38. The van der Waals surface area contributed by atoms with Gasteiger partial charge in [-0.25, -0.2) is 10.4 Å². The minimum atomic E-state index is -0.328. The molecule has 0 fully saturated rings. The molecule has 0 atom stereocenters. The quantitative estimate of drug-likeness (QED) is 0.0848. The van der Waals surface area contributed by atoms with Gasteiger partial charge in [0.1, 0.15) is 6.61 Å². The number of thiazole rings is 1. The lowest BCUT2D eigenvalue weighted by molar-refractivity contribution is 0.0955. The van der Waals surface area contributed by atoms with Crippen LogP contribution < -0.4 is 20.2 Å². The van der Waals surface area contributed by atoms with Crippen molar-refractivity contribution < 1.29 is 14.3 Å². The molecule has 0 aliphatic heterocycles. The Kier molecular flexibility index (Phi) is 10.2. The number of amides is 1. The molecule has 5 rings (SSSR count). The molecular weight excluding hydrogens is 718 g/mol. The van der Waals surface area contributed by atoms with Crippen LogP contribution in [0.5, 0.6) is 11.5 Å². The summed E-state index contributed by atoms with van der Waals surface area (Å²) in [4.78, 5) is 17.4. The number of nitrogens with zero attached hydrogens (tertiary/aromatic N) is 2. The van der Waals surface area contributed by atoms with Crippen LogP contribution in [-0.2, 0) is 6.61 Å². The van der Waals surface area contributed by atoms with Gasteiger partial charge >= 0.3 is 0 Å². The number of ether oxygens (including phenoxy) is 2. The van der Waals surface area contributed by atoms with Gasteiger partial charge in [-0.1, -0.05) is 59.1 Å². The molecule has 0 spiro atoms. The Morgan fingerprint density at radius 2 is 1.79 bits per heavy atom. The molecular formula is C32H25Cl2IN4O3S. The van der Waals surface area contributed by atoms with Gasteiger partial charge in [0, 0.05) is 22.2 Å². The minimum absolute atomic E-state index is 0.291. The van der Waals surface area contributed by atoms with E-state index in [0.29, 0.717) is 33.7 Å². The monoisotopic (exact) mass is 742 g/mol. The summed E-state index contributed by atoms with van der Waals surface area (Å²) < 4.78 is 12.4. The van der Waals surface area contributed by atoms with E-state index in [1.807, 2.05) is 41.8 Å². The molecule has 1 aromatic heterocycles. The van der Waals surface area contributed by atoms with Gasteiger partial charge < -0.3 is 14.8 Å². The molecule has 4 aromatic carbocycles. The largest absolute Gasteiger partial charge is 0.493 e. The number of aryl methyl sites for hydroxylation is 1. The van der Waals surface area contributed by atoms with Crippen LogP contribution in [0.2, 0.25) is 10.0 Å². The van der Waals surface area contributed by atoms with Gasteiger partial charge in [0.15, 0.2) is 16.6 Å². The van der Waals surface area contributed by atoms with Gasteiger partial charge in [-0.3, -0.25) is 4.79 Å². The molecule has 0 aliphatic rings. The minimum Gasteiger partial charge on any atom is -0.493 e. The van der Waals surface area contributed by atoms with Crippen LogP contribution in [0.1, 0.15) is 27.0 Å². The van der Waals surface area contributed by atoms with Gasteiger partial charge in [-0.15, -0.1) is 11.3 Å². The van der Waals surface area contributed by atoms with Crippen molar-refractivity contribution in [2.75, 3.05) is 12.4 Å². The second-order valence-corrected chi connectivity index (χ2v) is 12.2. The highest BCUT2D eigenvalue weighted by Gasteiger charge is 2.13. The molecule has 7 nitrogen and oxygen atoms in total. The Morgan fingerprint density at radius 1 is 1.02 bits per heavy atom. The number of hydrazone groups is 1. The van der Waals surface area contributed by atoms with Crippen molar-refractivity contribution in [2.45, 2.75) is 13.5 Å². The van der Waals surface area contributed by atoms with Crippen LogP contribution in [0.25, 0.3) is 11.3 Å². The van der Waals surface area contributed by atoms with Crippen molar-refractivity contribution in [3.63, 3.8) is 0 Å². The van der Waals surface area contributed by atoms with Crippen LogP contribution in [0.3, 0.4) is 0 Å². The molecule has 1 amide bonds. The Labute approximate surface area is 277 Å². The maximum absolute atomic E-state index is 12.7. The van der Waals surface area contributed by atoms with Crippen molar-refractivity contribution in [3.05, 3.63) is 120 Å². The Bertz CT molecular complexity index is 1780. The third-order valence-corrected chi connectivity index (χ3v) is 8.55. The van der Waals surface area contributed by atoms with Crippen LogP contribution in [-0.4, -0.2) is 24.2 Å². The van der Waals surface area contributed by atoms with Crippen molar-refractivity contribution in [1.82, 2.24) is 10.4 Å². The number of nitrogens with one attached hydrogen (secondary N) is 2. The number of anilines is 2. The predicted octanol–water partition coefficient (Wildman–Crippen LogP) is 9.13. The Balaban J connectivity index is 1.18. The van der Waals surface area contributed by atoms with Gasteiger partial charge in [-0.2, -0.15) is 5.10 Å². The average molecular weight is 743 g/mol. The topological polar surface area (TPSA) is 84.8 Å². The summed E-state index contributed by atoms with van der Waals surface area (Å²) >= 11 is 15.8. The van der Waals surface area contributed by atoms with E-state index >= 15 is 0 Å². The highest BCUT2D eigenvalue weighted by atomic mass is 127. The smallest absolute Gasteiger partial charge is 0.271 e. The Hall–Kier alpha value is -3.64. The first-order valence-electron chi connectivity index (χ1n) is 13.0. The van der Waals surface area contributed by atoms with E-state index in [-0.39, 0.29) is 5.91 Å². The van der Waals surface area contributed by atoms with Gasteiger partial charge in [0.25, 0.3) is 5.91 Å². The highest BCUT2D eigenvalue weighted by molar-refractivity contribution is 14.1. The summed E-state index contributed by atoms with van der Waals surface area (Å²) in [6.07, 6.45) is 1.55. The lowest BCUT2D eigenvalue weighted by Gasteiger charge is -2.14. The van der Waals surface area contributed by atoms with E-state index in [1.54, 1.807) is 43.7 Å². The van der Waals surface area contributed by atoms with Crippen molar-refractivity contribution in [1.29, 1.82) is 0 Å². The van der Waals surface area contributed by atoms with Gasteiger partial charge in [0.05, 0.1) is 32.6 Å². The number of aromatic nitrogens is 1. The number of carbonyl (C=O) groups is 1. The summed E-state index contributed by atoms with van der Waals surface area (Å²) in [7, 11) is 1.57. The molecule has 1 heterocycles. The third kappa shape index (κ3) is 8.05. The maximum atomic E-state index is 12.7. The molecule has 0 bridgehead atoms. The third-order valence-electron chi connectivity index (χ3n) is 6.25. The molecule has 0 aliphatic carbocycles. The van der Waals surface area contributed by atoms with Crippen molar-refractivity contribution >= 4 is 80.1 Å². The summed E-state index contributed by atoms with van der Waals surface area (Å²) in [6, 6.07) is 24.4. The summed E-state index contributed by atoms with van der Waals surface area (Å²) in [5.74, 6) is 0.800. The van der Waals surface area contributed by atoms with Crippen molar-refractivity contribution in [3.8, 4) is 22.8 Å². The zero-order valence-electron chi connectivity index (χ0n) is 23.0. The lowest BCUT2D eigenvalue weighted by Crippen LogP contribution is -2.17. The van der Waals surface area contributed by atoms with Crippen LogP contribution in [0.4, 0.5) is 10.8 Å². The number of rotatable bonds is 10. The highest BCUT2D eigenvalue weighted by Crippen LogP contribution is 2.35. The fourth-order valence-corrected chi connectivity index (χ4v) is 5.83. The molecule has 218 valence electrons. The van der Waals surface area contributed by atoms with Crippen molar-refractivity contribution in [2.24, 2.45) is 5.10 Å². The normalized spacial score (nSPS) is 11.0. The first kappa shape index (κ1) is 30.8. The fourth-order valence-electron chi connectivity index (χ4n) is 3.99. The lowest BCUT2D eigenvalue weighted by atomic mass is 10.1. The maximum Gasteiger partial charge on any atom is 0.271 e. The van der Waals surface area contributed by atoms with E-state index in [4.69, 9.17) is 32.7 Å². The number of hydrogen-bond acceptors (Lipinski definition) is 7. The molecule has 2 N–H and O–H groups in total. The van der Waals surface area contributed by atoms with E-state index < -0.39 is 0 Å². The van der Waals surface area contributed by atoms with Crippen LogP contribution in [0, 0.1) is 10.5 Å². The van der Waals surface area contributed by atoms with Gasteiger partial charge in [0.2, 0.25) is 0 Å². The molecule has 43 heavy (non-hydrogen) atoms. The molecule has 0 saturated heterocycles. The molecule has 0 radical (unpaired) electrons. The Morgan fingerprint density at radius 3 is 2.51 bits per heavy atom. The summed E-state index contributed by atoms with van der Waals surface area (Å²) in [6.45, 7) is 2.34. The molecule has 11 heteroatoms. The first-order valence-corrected chi connectivity index (χ1v) is 15.7. The molecule has 0 unspecified atom stereocenters. The first-order chi connectivity index (χ1) is 20.8. The number of halogens is 3. The SMILES string of the molecule is COc1cc(/C=N\NC(=O)c2ccc(-c3csc(Nc4ccc(C)cc4)n3)cc2)cc(I)c1OCc1ccc(Cl)c(Cl)c1. The summed E-state index contributed by atoms with van der Waals surface area (Å²) in [5, 5.41) is 11.2. The van der Waals surface area contributed by atoms with Crippen LogP contribution in [0.15, 0.2) is 89.3 Å². The number of carbonyl (C=O) groups excluding carboxylic acids is 1. The fraction of sp³-hybridized carbons (Fsp3) is 0.0938. The number of hydrogen-bond donors (Lipinski definition) is 2. The number of benzene rings is 4. The van der Waals surface area contributed by atoms with E-state index in [0.717, 1.165) is 36.8 Å². The zero-order valence-corrected chi connectivity index (χ0v) is 27.5. The van der Waals surface area contributed by atoms with E-state index in [9.17, 15) is 4.79 Å². The molecule has 0 saturated carbocycles. The predicted molar refractivity (Wildman–Crippen MR) is 184 cm³/mol. The van der Waals surface area contributed by atoms with Gasteiger partial charge in [-0.05, 0) is 89.2 Å². The van der Waals surface area contributed by atoms with E-state index in [2.05, 4.69) is 62.5 Å². The van der Waals surface area contributed by atoms with Crippen LogP contribution >= 0.6 is 57.1 Å². The summed E-state index contributed by atoms with van der Waals surface area (Å²) in [5.41, 5.74) is 8.60. The second kappa shape index (κ2) is 14.2. The zero-order chi connectivity index (χ0) is 30.3. The number of methoxy groups -OCH3 is 1. The average Bonchev–Trinajstić information content (AvgIpc) is 3.47. The van der Waals surface area contributed by atoms with E-state index in [1.165, 1.54) is 16.9 Å². The molecule has 5 aromatic rings.